The van der Waals surface area contributed by atoms with Crippen LogP contribution in [0, 0.1) is 5.92 Å². The van der Waals surface area contributed by atoms with Crippen LogP contribution in [0.4, 0.5) is 5.82 Å². The molecule has 4 heterocycles. The molecule has 20 heavy (non-hydrogen) atoms. The first kappa shape index (κ1) is 13.1. The van der Waals surface area contributed by atoms with E-state index >= 15 is 0 Å². The van der Waals surface area contributed by atoms with Gasteiger partial charge in [0.1, 0.15) is 5.82 Å². The van der Waals surface area contributed by atoms with Gasteiger partial charge in [-0.1, -0.05) is 0 Å². The Kier molecular flexibility index (Phi) is 3.48. The molecule has 1 aromatic heterocycles. The highest BCUT2D eigenvalue weighted by Crippen LogP contribution is 2.41. The van der Waals surface area contributed by atoms with Crippen molar-refractivity contribution in [3.63, 3.8) is 0 Å². The lowest BCUT2D eigenvalue weighted by molar-refractivity contribution is 0.0840. The molecule has 2 unspecified atom stereocenters. The predicted octanol–water partition coefficient (Wildman–Crippen LogP) is 2.12. The third-order valence-electron chi connectivity index (χ3n) is 4.90. The lowest BCUT2D eigenvalue weighted by Gasteiger charge is -2.37. The molecule has 0 aromatic carbocycles. The molecule has 2 N–H and O–H groups in total. The third kappa shape index (κ3) is 2.09. The fourth-order valence-corrected chi connectivity index (χ4v) is 4.45. The second-order valence-electron chi connectivity index (χ2n) is 6.08. The summed E-state index contributed by atoms with van der Waals surface area (Å²) in [5.41, 5.74) is 1.23. The van der Waals surface area contributed by atoms with Crippen molar-refractivity contribution in [2.24, 2.45) is 5.92 Å². The van der Waals surface area contributed by atoms with Crippen LogP contribution in [-0.2, 0) is 4.74 Å². The molecule has 5 nitrogen and oxygen atoms in total. The van der Waals surface area contributed by atoms with Crippen molar-refractivity contribution >= 4 is 21.7 Å². The average molecular weight is 341 g/mol. The fraction of sp³-hybridized carbons (Fsp3) is 0.786. The summed E-state index contributed by atoms with van der Waals surface area (Å²) >= 11 is 3.79. The van der Waals surface area contributed by atoms with Gasteiger partial charge >= 0.3 is 0 Å². The van der Waals surface area contributed by atoms with Crippen molar-refractivity contribution < 1.29 is 4.74 Å². The number of ether oxygens (including phenoxy) is 1. The molecular formula is C14H21BrN4O. The Morgan fingerprint density at radius 1 is 1.20 bits per heavy atom. The van der Waals surface area contributed by atoms with Crippen molar-refractivity contribution in [3.8, 4) is 0 Å². The monoisotopic (exact) mass is 340 g/mol. The maximum Gasteiger partial charge on any atom is 0.139 e. The molecule has 2 fully saturated rings. The van der Waals surface area contributed by atoms with Crippen molar-refractivity contribution in [1.82, 2.24) is 15.1 Å². The van der Waals surface area contributed by atoms with E-state index in [1.807, 2.05) is 0 Å². The minimum Gasteiger partial charge on any atom is -0.381 e. The van der Waals surface area contributed by atoms with E-state index in [0.29, 0.717) is 17.9 Å². The number of anilines is 1. The quantitative estimate of drug-likeness (QED) is 0.822. The number of nitrogens with one attached hydrogen (secondary N) is 2. The summed E-state index contributed by atoms with van der Waals surface area (Å²) in [6, 6.07) is 0.553. The van der Waals surface area contributed by atoms with Gasteiger partial charge in [-0.05, 0) is 41.7 Å². The first-order chi connectivity index (χ1) is 9.84. The van der Waals surface area contributed by atoms with E-state index in [0.717, 1.165) is 45.7 Å². The number of rotatable bonds is 1. The summed E-state index contributed by atoms with van der Waals surface area (Å²) in [4.78, 5) is 0. The molecule has 3 aliphatic rings. The van der Waals surface area contributed by atoms with Gasteiger partial charge in [-0.15, -0.1) is 0 Å². The Balaban J connectivity index is 1.68. The predicted molar refractivity (Wildman–Crippen MR) is 81.2 cm³/mol. The van der Waals surface area contributed by atoms with Crippen LogP contribution < -0.4 is 10.6 Å². The maximum absolute atomic E-state index is 5.48. The van der Waals surface area contributed by atoms with E-state index in [9.17, 15) is 0 Å². The molecule has 0 spiro atoms. The number of fused-ring (bicyclic) bond motifs is 3. The Morgan fingerprint density at radius 3 is 2.90 bits per heavy atom. The number of halogens is 1. The molecule has 6 heteroatoms. The first-order valence-electron chi connectivity index (χ1n) is 7.65. The van der Waals surface area contributed by atoms with Crippen molar-refractivity contribution in [3.05, 3.63) is 10.2 Å². The van der Waals surface area contributed by atoms with Crippen molar-refractivity contribution in [2.75, 3.05) is 38.2 Å². The number of hydrogen-bond donors (Lipinski definition) is 2. The molecule has 2 atom stereocenters. The Bertz CT molecular complexity index is 498. The lowest BCUT2D eigenvalue weighted by atomic mass is 9.92. The average Bonchev–Trinajstić information content (AvgIpc) is 2.86. The van der Waals surface area contributed by atoms with Crippen LogP contribution in [-0.4, -0.2) is 42.6 Å². The van der Waals surface area contributed by atoms with Crippen LogP contribution in [0.1, 0.15) is 36.9 Å². The summed E-state index contributed by atoms with van der Waals surface area (Å²) in [6.45, 7) is 4.98. The summed E-state index contributed by atoms with van der Waals surface area (Å²) in [5, 5.41) is 12.0. The van der Waals surface area contributed by atoms with Gasteiger partial charge in [-0.3, -0.25) is 0 Å². The SMILES string of the molecule is Brc1c(C2CCOCC2)nn2c1NCC1CNCCC12. The molecule has 110 valence electrons. The van der Waals surface area contributed by atoms with Gasteiger partial charge in [-0.2, -0.15) is 5.10 Å². The van der Waals surface area contributed by atoms with Crippen LogP contribution in [0.3, 0.4) is 0 Å². The second-order valence-corrected chi connectivity index (χ2v) is 6.87. The standard InChI is InChI=1S/C14H21BrN4O/c15-12-13(9-2-5-20-6-3-9)18-19-11-1-4-16-7-10(11)8-17-14(12)19/h9-11,16-17H,1-8H2. The molecule has 0 bridgehead atoms. The molecule has 0 amide bonds. The number of hydrogen-bond acceptors (Lipinski definition) is 4. The summed E-state index contributed by atoms with van der Waals surface area (Å²) in [7, 11) is 0. The molecule has 4 rings (SSSR count). The number of nitrogens with zero attached hydrogens (tertiary/aromatic N) is 2. The lowest BCUT2D eigenvalue weighted by Crippen LogP contribution is -2.44. The van der Waals surface area contributed by atoms with Crippen molar-refractivity contribution in [2.45, 2.75) is 31.2 Å². The van der Waals surface area contributed by atoms with Crippen LogP contribution in [0.15, 0.2) is 4.47 Å². The van der Waals surface area contributed by atoms with Crippen LogP contribution in [0.2, 0.25) is 0 Å². The minimum absolute atomic E-state index is 0.540. The summed E-state index contributed by atoms with van der Waals surface area (Å²) < 4.78 is 8.91. The first-order valence-corrected chi connectivity index (χ1v) is 8.44. The molecule has 3 aliphatic heterocycles. The highest BCUT2D eigenvalue weighted by Gasteiger charge is 2.35. The number of piperidine rings is 1. The van der Waals surface area contributed by atoms with Crippen LogP contribution in [0.25, 0.3) is 0 Å². The maximum atomic E-state index is 5.48. The van der Waals surface area contributed by atoms with E-state index in [1.165, 1.54) is 22.4 Å². The van der Waals surface area contributed by atoms with Gasteiger partial charge in [0, 0.05) is 38.1 Å². The fourth-order valence-electron chi connectivity index (χ4n) is 3.73. The van der Waals surface area contributed by atoms with Gasteiger partial charge in [0.25, 0.3) is 0 Å². The van der Waals surface area contributed by atoms with E-state index in [-0.39, 0.29) is 0 Å². The molecule has 2 saturated heterocycles. The molecule has 0 radical (unpaired) electrons. The number of aromatic nitrogens is 2. The van der Waals surface area contributed by atoms with Crippen molar-refractivity contribution in [1.29, 1.82) is 0 Å². The zero-order valence-corrected chi connectivity index (χ0v) is 13.2. The molecular weight excluding hydrogens is 320 g/mol. The zero-order valence-electron chi connectivity index (χ0n) is 11.6. The van der Waals surface area contributed by atoms with Gasteiger partial charge in [0.15, 0.2) is 0 Å². The summed E-state index contributed by atoms with van der Waals surface area (Å²) in [6.07, 6.45) is 3.36. The van der Waals surface area contributed by atoms with Crippen LogP contribution >= 0.6 is 15.9 Å². The Morgan fingerprint density at radius 2 is 2.05 bits per heavy atom. The van der Waals surface area contributed by atoms with E-state index < -0.39 is 0 Å². The summed E-state index contributed by atoms with van der Waals surface area (Å²) in [5.74, 6) is 2.39. The van der Waals surface area contributed by atoms with E-state index in [2.05, 4.69) is 31.2 Å². The largest absolute Gasteiger partial charge is 0.381 e. The topological polar surface area (TPSA) is 51.1 Å². The van der Waals surface area contributed by atoms with Gasteiger partial charge in [0.05, 0.1) is 16.2 Å². The van der Waals surface area contributed by atoms with Gasteiger partial charge < -0.3 is 15.4 Å². The minimum atomic E-state index is 0.540. The highest BCUT2D eigenvalue weighted by atomic mass is 79.9. The van der Waals surface area contributed by atoms with Crippen LogP contribution in [0.5, 0.6) is 0 Å². The highest BCUT2D eigenvalue weighted by molar-refractivity contribution is 9.10. The van der Waals surface area contributed by atoms with E-state index in [1.54, 1.807) is 0 Å². The second kappa shape index (κ2) is 5.31. The molecule has 1 aromatic rings. The molecule has 0 aliphatic carbocycles. The van der Waals surface area contributed by atoms with Gasteiger partial charge in [0.2, 0.25) is 0 Å². The Hall–Kier alpha value is -0.590. The normalized spacial score (nSPS) is 30.4. The third-order valence-corrected chi connectivity index (χ3v) is 5.68. The smallest absolute Gasteiger partial charge is 0.139 e. The molecule has 0 saturated carbocycles. The Labute approximate surface area is 127 Å². The van der Waals surface area contributed by atoms with Gasteiger partial charge in [-0.25, -0.2) is 4.68 Å². The van der Waals surface area contributed by atoms with E-state index in [4.69, 9.17) is 9.84 Å². The zero-order chi connectivity index (χ0) is 13.5.